The van der Waals surface area contributed by atoms with Gasteiger partial charge in [-0.15, -0.1) is 23.1 Å². The Kier molecular flexibility index (Phi) is 9.07. The molecule has 0 aliphatic rings. The Hall–Kier alpha value is -4.18. The molecule has 0 radical (unpaired) electrons. The Bertz CT molecular complexity index is 1590. The second-order valence-corrected chi connectivity index (χ2v) is 11.1. The topological polar surface area (TPSA) is 75.3 Å². The van der Waals surface area contributed by atoms with Gasteiger partial charge in [0.1, 0.15) is 11.0 Å². The van der Waals surface area contributed by atoms with E-state index in [1.165, 1.54) is 23.1 Å². The Morgan fingerprint density at radius 2 is 1.60 bits per heavy atom. The van der Waals surface area contributed by atoms with Crippen LogP contribution in [0.1, 0.15) is 10.8 Å². The molecule has 0 saturated carbocycles. The number of carbonyl (C=O) groups is 1. The predicted octanol–water partition coefficient (Wildman–Crippen LogP) is 8.10. The van der Waals surface area contributed by atoms with Gasteiger partial charge in [0.2, 0.25) is 5.91 Å². The van der Waals surface area contributed by atoms with Gasteiger partial charge in [-0.3, -0.25) is 4.79 Å². The maximum atomic E-state index is 13.6. The number of hydrogen-bond donors (Lipinski definition) is 3. The number of anilines is 3. The third-order valence-corrected chi connectivity index (χ3v) is 8.06. The van der Waals surface area contributed by atoms with E-state index in [1.54, 1.807) is 7.11 Å². The highest BCUT2D eigenvalue weighted by Crippen LogP contribution is 2.38. The number of carbonyl (C=O) groups excluding carboxylic acids is 1. The van der Waals surface area contributed by atoms with Gasteiger partial charge in [-0.05, 0) is 48.1 Å². The summed E-state index contributed by atoms with van der Waals surface area (Å²) in [5.74, 6) is 0.556. The highest BCUT2D eigenvalue weighted by atomic mass is 32.2. The minimum Gasteiger partial charge on any atom is -0.495 e. The first-order valence-electron chi connectivity index (χ1n) is 12.4. The Labute approximate surface area is 246 Å². The lowest BCUT2D eigenvalue weighted by atomic mass is 10.1. The molecule has 0 spiro atoms. The number of thiocarbonyl (C=S) groups is 1. The molecule has 0 aliphatic heterocycles. The van der Waals surface area contributed by atoms with E-state index in [0.29, 0.717) is 16.0 Å². The maximum Gasteiger partial charge on any atom is 0.244 e. The molecule has 6 nitrogen and oxygen atoms in total. The number of methoxy groups -OCH3 is 1. The third-order valence-electron chi connectivity index (χ3n) is 5.85. The summed E-state index contributed by atoms with van der Waals surface area (Å²) in [6.45, 7) is 0. The molecule has 3 N–H and O–H groups in total. The standard InChI is InChI=1S/C31H26N4O2S3/c1-37-27-18-9-8-17-25(27)33-30(38)32-23-15-10-16-24(19-23)40-28(22-13-6-3-7-14-22)29(36)35-31-34-26(20-39-31)21-11-4-2-5-12-21/h2-20,28H,1H3,(H2,32,33,38)(H,34,35,36). The number of hydrogen-bond acceptors (Lipinski definition) is 6. The van der Waals surface area contributed by atoms with Gasteiger partial charge in [0, 0.05) is 21.5 Å². The first-order valence-corrected chi connectivity index (χ1v) is 14.6. The van der Waals surface area contributed by atoms with Crippen molar-refractivity contribution in [2.24, 2.45) is 0 Å². The Morgan fingerprint density at radius 1 is 0.875 bits per heavy atom. The molecular weight excluding hydrogens is 557 g/mol. The molecule has 5 rings (SSSR count). The van der Waals surface area contributed by atoms with Crippen LogP contribution in [0.5, 0.6) is 5.75 Å². The Morgan fingerprint density at radius 3 is 2.38 bits per heavy atom. The molecule has 0 saturated heterocycles. The van der Waals surface area contributed by atoms with Crippen LogP contribution in [0.25, 0.3) is 11.3 Å². The SMILES string of the molecule is COc1ccccc1NC(=S)Nc1cccc(SC(C(=O)Nc2nc(-c3ccccc3)cs2)c2ccccc2)c1. The quantitative estimate of drug-likeness (QED) is 0.120. The zero-order chi connectivity index (χ0) is 27.7. The van der Waals surface area contributed by atoms with Crippen LogP contribution < -0.4 is 20.7 Å². The summed E-state index contributed by atoms with van der Waals surface area (Å²) in [6, 6.07) is 35.0. The average molecular weight is 583 g/mol. The summed E-state index contributed by atoms with van der Waals surface area (Å²) in [5.41, 5.74) is 4.32. The number of benzene rings is 4. The van der Waals surface area contributed by atoms with Crippen molar-refractivity contribution in [3.05, 3.63) is 120 Å². The van der Waals surface area contributed by atoms with Crippen LogP contribution in [-0.4, -0.2) is 23.1 Å². The van der Waals surface area contributed by atoms with E-state index in [4.69, 9.17) is 17.0 Å². The zero-order valence-corrected chi connectivity index (χ0v) is 24.0. The minimum atomic E-state index is -0.487. The summed E-state index contributed by atoms with van der Waals surface area (Å²) >= 11 is 8.41. The fourth-order valence-electron chi connectivity index (χ4n) is 3.96. The van der Waals surface area contributed by atoms with E-state index in [2.05, 4.69) is 20.9 Å². The number of ether oxygens (including phenoxy) is 1. The van der Waals surface area contributed by atoms with Crippen molar-refractivity contribution < 1.29 is 9.53 Å². The van der Waals surface area contributed by atoms with Gasteiger partial charge < -0.3 is 20.7 Å². The molecule has 0 fully saturated rings. The van der Waals surface area contributed by atoms with Gasteiger partial charge in [0.15, 0.2) is 10.2 Å². The summed E-state index contributed by atoms with van der Waals surface area (Å²) in [6.07, 6.45) is 0. The van der Waals surface area contributed by atoms with Crippen molar-refractivity contribution in [1.29, 1.82) is 0 Å². The molecule has 9 heteroatoms. The molecule has 1 unspecified atom stereocenters. The highest BCUT2D eigenvalue weighted by molar-refractivity contribution is 8.00. The lowest BCUT2D eigenvalue weighted by Gasteiger charge is -2.17. The molecule has 0 aliphatic carbocycles. The molecular formula is C31H26N4O2S3. The molecule has 40 heavy (non-hydrogen) atoms. The number of aromatic nitrogens is 1. The van der Waals surface area contributed by atoms with Crippen LogP contribution in [0.2, 0.25) is 0 Å². The van der Waals surface area contributed by atoms with Crippen LogP contribution in [0.3, 0.4) is 0 Å². The minimum absolute atomic E-state index is 0.142. The highest BCUT2D eigenvalue weighted by Gasteiger charge is 2.23. The fourth-order valence-corrected chi connectivity index (χ4v) is 5.99. The summed E-state index contributed by atoms with van der Waals surface area (Å²) < 4.78 is 5.40. The number of rotatable bonds is 9. The van der Waals surface area contributed by atoms with Crippen LogP contribution in [-0.2, 0) is 4.79 Å². The van der Waals surface area contributed by atoms with E-state index in [-0.39, 0.29) is 5.91 Å². The van der Waals surface area contributed by atoms with Gasteiger partial charge in [0.25, 0.3) is 0 Å². The predicted molar refractivity (Wildman–Crippen MR) is 170 cm³/mol. The molecule has 200 valence electrons. The number of nitrogens with one attached hydrogen (secondary N) is 3. The monoisotopic (exact) mass is 582 g/mol. The normalized spacial score (nSPS) is 11.3. The molecule has 1 amide bonds. The van der Waals surface area contributed by atoms with Crippen molar-refractivity contribution in [1.82, 2.24) is 4.98 Å². The lowest BCUT2D eigenvalue weighted by molar-refractivity contribution is -0.115. The van der Waals surface area contributed by atoms with Crippen molar-refractivity contribution in [2.75, 3.05) is 23.1 Å². The molecule has 1 heterocycles. The van der Waals surface area contributed by atoms with Gasteiger partial charge in [0.05, 0.1) is 18.5 Å². The molecule has 0 bridgehead atoms. The number of nitrogens with zero attached hydrogens (tertiary/aromatic N) is 1. The van der Waals surface area contributed by atoms with E-state index in [0.717, 1.165) is 33.1 Å². The van der Waals surface area contributed by atoms with Gasteiger partial charge >= 0.3 is 0 Å². The fraction of sp³-hybridized carbons (Fsp3) is 0.0645. The van der Waals surface area contributed by atoms with Crippen molar-refractivity contribution in [2.45, 2.75) is 10.1 Å². The van der Waals surface area contributed by atoms with Gasteiger partial charge in [-0.1, -0.05) is 78.9 Å². The van der Waals surface area contributed by atoms with Gasteiger partial charge in [-0.2, -0.15) is 0 Å². The van der Waals surface area contributed by atoms with Crippen molar-refractivity contribution in [3.8, 4) is 17.0 Å². The lowest BCUT2D eigenvalue weighted by Crippen LogP contribution is -2.20. The summed E-state index contributed by atoms with van der Waals surface area (Å²) in [7, 11) is 1.62. The molecule has 1 atom stereocenters. The molecule has 5 aromatic rings. The molecule has 1 aromatic heterocycles. The second kappa shape index (κ2) is 13.3. The number of para-hydroxylation sites is 2. The summed E-state index contributed by atoms with van der Waals surface area (Å²) in [4.78, 5) is 19.1. The van der Waals surface area contributed by atoms with E-state index in [9.17, 15) is 4.79 Å². The van der Waals surface area contributed by atoms with E-state index in [1.807, 2.05) is 115 Å². The zero-order valence-electron chi connectivity index (χ0n) is 21.5. The van der Waals surface area contributed by atoms with Gasteiger partial charge in [-0.25, -0.2) is 4.98 Å². The van der Waals surface area contributed by atoms with Crippen LogP contribution in [0.15, 0.2) is 119 Å². The first kappa shape index (κ1) is 27.4. The second-order valence-electron chi connectivity index (χ2n) is 8.61. The largest absolute Gasteiger partial charge is 0.495 e. The van der Waals surface area contributed by atoms with E-state index >= 15 is 0 Å². The summed E-state index contributed by atoms with van der Waals surface area (Å²) in [5, 5.41) is 11.9. The van der Waals surface area contributed by atoms with Crippen molar-refractivity contribution in [3.63, 3.8) is 0 Å². The molecule has 4 aromatic carbocycles. The maximum absolute atomic E-state index is 13.6. The number of amides is 1. The first-order chi connectivity index (χ1) is 19.6. The smallest absolute Gasteiger partial charge is 0.244 e. The number of thiazole rings is 1. The van der Waals surface area contributed by atoms with Crippen LogP contribution in [0, 0.1) is 0 Å². The van der Waals surface area contributed by atoms with E-state index < -0.39 is 5.25 Å². The van der Waals surface area contributed by atoms with Crippen LogP contribution in [0.4, 0.5) is 16.5 Å². The third kappa shape index (κ3) is 7.06. The average Bonchev–Trinajstić information content (AvgIpc) is 3.45. The number of thioether (sulfide) groups is 1. The Balaban J connectivity index is 1.30. The van der Waals surface area contributed by atoms with Crippen molar-refractivity contribution >= 4 is 62.8 Å². The van der Waals surface area contributed by atoms with Crippen LogP contribution >= 0.6 is 35.3 Å².